The highest BCUT2D eigenvalue weighted by Gasteiger charge is 1.98. The lowest BCUT2D eigenvalue weighted by Gasteiger charge is -2.07. The van der Waals surface area contributed by atoms with Crippen LogP contribution in [-0.4, -0.2) is 45.9 Å². The Bertz CT molecular complexity index is 393. The van der Waals surface area contributed by atoms with Gasteiger partial charge in [-0.25, -0.2) is 0 Å². The van der Waals surface area contributed by atoms with Crippen molar-refractivity contribution in [2.24, 2.45) is 0 Å². The standard InChI is InChI=1S/C16H26N2O3/c1-14(19)21-13-16-5-3-15(4-6-16)7-8-18-10-12-20-11-9-17-2/h3-6,17-18H,7-13H2,1-2H3. The molecular formula is C16H26N2O3. The third-order valence-corrected chi connectivity index (χ3v) is 2.98. The van der Waals surface area contributed by atoms with Crippen molar-refractivity contribution in [2.45, 2.75) is 20.0 Å². The zero-order valence-corrected chi connectivity index (χ0v) is 13.0. The van der Waals surface area contributed by atoms with Gasteiger partial charge in [-0.05, 0) is 31.1 Å². The first-order valence-electron chi connectivity index (χ1n) is 7.36. The van der Waals surface area contributed by atoms with E-state index in [0.717, 1.165) is 44.8 Å². The summed E-state index contributed by atoms with van der Waals surface area (Å²) in [5.41, 5.74) is 2.28. The second-order valence-electron chi connectivity index (χ2n) is 4.81. The summed E-state index contributed by atoms with van der Waals surface area (Å²) in [4.78, 5) is 10.7. The Morgan fingerprint density at radius 2 is 1.71 bits per heavy atom. The summed E-state index contributed by atoms with van der Waals surface area (Å²) in [5, 5.41) is 6.39. The van der Waals surface area contributed by atoms with Gasteiger partial charge in [-0.3, -0.25) is 4.79 Å². The van der Waals surface area contributed by atoms with Crippen molar-refractivity contribution in [1.82, 2.24) is 10.6 Å². The molecule has 1 aromatic rings. The topological polar surface area (TPSA) is 59.6 Å². The monoisotopic (exact) mass is 294 g/mol. The van der Waals surface area contributed by atoms with Crippen LogP contribution in [-0.2, 0) is 27.3 Å². The molecule has 0 radical (unpaired) electrons. The van der Waals surface area contributed by atoms with E-state index in [-0.39, 0.29) is 5.97 Å². The number of esters is 1. The molecule has 0 amide bonds. The molecule has 0 aromatic heterocycles. The van der Waals surface area contributed by atoms with Gasteiger partial charge in [0.25, 0.3) is 0 Å². The minimum absolute atomic E-state index is 0.250. The first kappa shape index (κ1) is 17.6. The SMILES string of the molecule is CNCCOCCNCCc1ccc(COC(C)=O)cc1. The Morgan fingerprint density at radius 3 is 2.38 bits per heavy atom. The first-order valence-corrected chi connectivity index (χ1v) is 7.36. The van der Waals surface area contributed by atoms with Crippen molar-refractivity contribution in [1.29, 1.82) is 0 Å². The molecule has 118 valence electrons. The number of rotatable bonds is 11. The maximum atomic E-state index is 10.7. The predicted octanol–water partition coefficient (Wildman–Crippen LogP) is 1.12. The van der Waals surface area contributed by atoms with E-state index in [4.69, 9.17) is 9.47 Å². The minimum Gasteiger partial charge on any atom is -0.461 e. The largest absolute Gasteiger partial charge is 0.461 e. The van der Waals surface area contributed by atoms with Crippen molar-refractivity contribution < 1.29 is 14.3 Å². The van der Waals surface area contributed by atoms with Crippen molar-refractivity contribution >= 4 is 5.97 Å². The molecule has 1 aromatic carbocycles. The number of hydrogen-bond acceptors (Lipinski definition) is 5. The number of ether oxygens (including phenoxy) is 2. The van der Waals surface area contributed by atoms with Crippen molar-refractivity contribution in [3.05, 3.63) is 35.4 Å². The maximum absolute atomic E-state index is 10.7. The number of carbonyl (C=O) groups is 1. The average Bonchev–Trinajstić information content (AvgIpc) is 2.49. The van der Waals surface area contributed by atoms with E-state index in [0.29, 0.717) is 6.61 Å². The molecule has 5 nitrogen and oxygen atoms in total. The first-order chi connectivity index (χ1) is 10.2. The number of benzene rings is 1. The van der Waals surface area contributed by atoms with Gasteiger partial charge < -0.3 is 20.1 Å². The molecule has 0 heterocycles. The van der Waals surface area contributed by atoms with Crippen LogP contribution >= 0.6 is 0 Å². The molecule has 0 unspecified atom stereocenters. The lowest BCUT2D eigenvalue weighted by atomic mass is 10.1. The lowest BCUT2D eigenvalue weighted by molar-refractivity contribution is -0.142. The molecule has 0 saturated heterocycles. The molecule has 5 heteroatoms. The molecule has 0 aliphatic rings. The van der Waals surface area contributed by atoms with Crippen molar-refractivity contribution in [2.75, 3.05) is 39.9 Å². The Morgan fingerprint density at radius 1 is 1.05 bits per heavy atom. The molecule has 0 aliphatic heterocycles. The predicted molar refractivity (Wildman–Crippen MR) is 83.2 cm³/mol. The van der Waals surface area contributed by atoms with Gasteiger partial charge in [0.1, 0.15) is 6.61 Å². The van der Waals surface area contributed by atoms with E-state index in [9.17, 15) is 4.79 Å². The van der Waals surface area contributed by atoms with Crippen LogP contribution in [0.3, 0.4) is 0 Å². The summed E-state index contributed by atoms with van der Waals surface area (Å²) >= 11 is 0. The smallest absolute Gasteiger partial charge is 0.302 e. The van der Waals surface area contributed by atoms with E-state index in [2.05, 4.69) is 22.8 Å². The van der Waals surface area contributed by atoms with Crippen LogP contribution in [0.5, 0.6) is 0 Å². The molecule has 0 bridgehead atoms. The average molecular weight is 294 g/mol. The minimum atomic E-state index is -0.250. The van der Waals surface area contributed by atoms with Gasteiger partial charge in [-0.1, -0.05) is 24.3 Å². The summed E-state index contributed by atoms with van der Waals surface area (Å²) in [5.74, 6) is -0.250. The fourth-order valence-corrected chi connectivity index (χ4v) is 1.77. The zero-order valence-electron chi connectivity index (χ0n) is 13.0. The fourth-order valence-electron chi connectivity index (χ4n) is 1.77. The molecule has 21 heavy (non-hydrogen) atoms. The third kappa shape index (κ3) is 9.18. The van der Waals surface area contributed by atoms with Gasteiger partial charge in [0.2, 0.25) is 0 Å². The van der Waals surface area contributed by atoms with E-state index in [1.807, 2.05) is 19.2 Å². The fraction of sp³-hybridized carbons (Fsp3) is 0.562. The molecule has 0 fully saturated rings. The van der Waals surface area contributed by atoms with Gasteiger partial charge in [-0.15, -0.1) is 0 Å². The summed E-state index contributed by atoms with van der Waals surface area (Å²) in [7, 11) is 1.92. The normalized spacial score (nSPS) is 10.6. The highest BCUT2D eigenvalue weighted by molar-refractivity contribution is 5.65. The highest BCUT2D eigenvalue weighted by Crippen LogP contribution is 2.06. The molecule has 2 N–H and O–H groups in total. The Labute approximate surface area is 127 Å². The van der Waals surface area contributed by atoms with Crippen LogP contribution in [0.1, 0.15) is 18.1 Å². The molecule has 0 spiro atoms. The van der Waals surface area contributed by atoms with Crippen LogP contribution in [0.4, 0.5) is 0 Å². The van der Waals surface area contributed by atoms with Crippen LogP contribution in [0.15, 0.2) is 24.3 Å². The number of hydrogen-bond donors (Lipinski definition) is 2. The van der Waals surface area contributed by atoms with Gasteiger partial charge >= 0.3 is 5.97 Å². The second-order valence-corrected chi connectivity index (χ2v) is 4.81. The van der Waals surface area contributed by atoms with Crippen LogP contribution in [0, 0.1) is 0 Å². The maximum Gasteiger partial charge on any atom is 0.302 e. The number of nitrogens with one attached hydrogen (secondary N) is 2. The summed E-state index contributed by atoms with van der Waals surface area (Å²) in [6.45, 7) is 5.94. The lowest BCUT2D eigenvalue weighted by Crippen LogP contribution is -2.24. The Kier molecular flexibility index (Phi) is 9.44. The molecule has 0 saturated carbocycles. The van der Waals surface area contributed by atoms with Gasteiger partial charge in [0.05, 0.1) is 13.2 Å². The molecule has 0 atom stereocenters. The second kappa shape index (κ2) is 11.3. The highest BCUT2D eigenvalue weighted by atomic mass is 16.5. The van der Waals surface area contributed by atoms with E-state index >= 15 is 0 Å². The zero-order chi connectivity index (χ0) is 15.3. The van der Waals surface area contributed by atoms with E-state index in [1.165, 1.54) is 12.5 Å². The number of carbonyl (C=O) groups excluding carboxylic acids is 1. The third-order valence-electron chi connectivity index (χ3n) is 2.98. The molecule has 0 aliphatic carbocycles. The Hall–Kier alpha value is -1.43. The van der Waals surface area contributed by atoms with Crippen LogP contribution < -0.4 is 10.6 Å². The number of likely N-dealkylation sites (N-methyl/N-ethyl adjacent to an activating group) is 1. The van der Waals surface area contributed by atoms with Crippen LogP contribution in [0.25, 0.3) is 0 Å². The van der Waals surface area contributed by atoms with Crippen LogP contribution in [0.2, 0.25) is 0 Å². The van der Waals surface area contributed by atoms with Crippen molar-refractivity contribution in [3.63, 3.8) is 0 Å². The molecular weight excluding hydrogens is 268 g/mol. The summed E-state index contributed by atoms with van der Waals surface area (Å²) in [6, 6.07) is 8.14. The van der Waals surface area contributed by atoms with Gasteiger partial charge in [-0.2, -0.15) is 0 Å². The van der Waals surface area contributed by atoms with Gasteiger partial charge in [0.15, 0.2) is 0 Å². The Balaban J connectivity index is 2.08. The van der Waals surface area contributed by atoms with Gasteiger partial charge in [0, 0.05) is 20.0 Å². The molecule has 1 rings (SSSR count). The summed E-state index contributed by atoms with van der Waals surface area (Å²) in [6.07, 6.45) is 0.977. The van der Waals surface area contributed by atoms with Crippen molar-refractivity contribution in [3.8, 4) is 0 Å². The summed E-state index contributed by atoms with van der Waals surface area (Å²) < 4.78 is 10.4. The van der Waals surface area contributed by atoms with E-state index in [1.54, 1.807) is 0 Å². The van der Waals surface area contributed by atoms with E-state index < -0.39 is 0 Å². The quantitative estimate of drug-likeness (QED) is 0.473.